The zero-order valence-electron chi connectivity index (χ0n) is 17.1. The van der Waals surface area contributed by atoms with Crippen LogP contribution >= 0.6 is 11.8 Å². The molecular formula is C24H26O4S. The fourth-order valence-electron chi connectivity index (χ4n) is 3.38. The number of hydrogen-bond donors (Lipinski definition) is 0. The van der Waals surface area contributed by atoms with Gasteiger partial charge in [0.25, 0.3) is 0 Å². The standard InChI is InChI=1S/C24H26O4S/c1-26-21-15-13-19(16-22(21)27-2)29-23-18(12-14-20(23)24(25)28-3)11-7-10-17-8-5-4-6-9-17/h4-6,8-9,11,13,15-16H,7,10,12,14H2,1-3H3. The third-order valence-electron chi connectivity index (χ3n) is 4.88. The Kier molecular flexibility index (Phi) is 7.42. The molecule has 5 heteroatoms. The van der Waals surface area contributed by atoms with Gasteiger partial charge in [-0.2, -0.15) is 0 Å². The maximum atomic E-state index is 12.3. The predicted molar refractivity (Wildman–Crippen MR) is 117 cm³/mol. The molecule has 2 aromatic carbocycles. The van der Waals surface area contributed by atoms with Gasteiger partial charge in [-0.3, -0.25) is 0 Å². The van der Waals surface area contributed by atoms with Crippen LogP contribution in [-0.2, 0) is 16.0 Å². The van der Waals surface area contributed by atoms with E-state index in [0.29, 0.717) is 17.9 Å². The molecule has 0 saturated carbocycles. The van der Waals surface area contributed by atoms with E-state index < -0.39 is 0 Å². The fourth-order valence-corrected chi connectivity index (χ4v) is 4.54. The molecule has 0 heterocycles. The van der Waals surface area contributed by atoms with Gasteiger partial charge in [0.15, 0.2) is 11.5 Å². The lowest BCUT2D eigenvalue weighted by atomic mass is 10.1. The molecule has 0 aromatic heterocycles. The minimum atomic E-state index is -0.251. The zero-order valence-corrected chi connectivity index (χ0v) is 17.9. The number of thioether (sulfide) groups is 1. The number of allylic oxidation sites excluding steroid dienone is 2. The molecule has 0 aliphatic heterocycles. The maximum absolute atomic E-state index is 12.3. The molecule has 0 N–H and O–H groups in total. The molecular weight excluding hydrogens is 384 g/mol. The molecule has 29 heavy (non-hydrogen) atoms. The van der Waals surface area contributed by atoms with Crippen LogP contribution in [0, 0.1) is 0 Å². The topological polar surface area (TPSA) is 44.8 Å². The Hall–Kier alpha value is -2.66. The summed E-state index contributed by atoms with van der Waals surface area (Å²) in [7, 11) is 4.67. The van der Waals surface area contributed by atoms with Crippen molar-refractivity contribution in [2.75, 3.05) is 21.3 Å². The highest BCUT2D eigenvalue weighted by Gasteiger charge is 2.26. The highest BCUT2D eigenvalue weighted by Crippen LogP contribution is 2.44. The molecule has 0 radical (unpaired) electrons. The average Bonchev–Trinajstić information content (AvgIpc) is 3.16. The summed E-state index contributed by atoms with van der Waals surface area (Å²) in [6.07, 6.45) is 5.73. The van der Waals surface area contributed by atoms with Crippen molar-refractivity contribution in [3.8, 4) is 11.5 Å². The molecule has 2 aromatic rings. The van der Waals surface area contributed by atoms with Crippen LogP contribution in [-0.4, -0.2) is 27.3 Å². The van der Waals surface area contributed by atoms with Gasteiger partial charge < -0.3 is 14.2 Å². The fraction of sp³-hybridized carbons (Fsp3) is 0.292. The molecule has 1 aliphatic carbocycles. The number of methoxy groups -OCH3 is 3. The molecule has 0 fully saturated rings. The van der Waals surface area contributed by atoms with E-state index in [2.05, 4.69) is 30.3 Å². The van der Waals surface area contributed by atoms with E-state index >= 15 is 0 Å². The smallest absolute Gasteiger partial charge is 0.334 e. The van der Waals surface area contributed by atoms with Gasteiger partial charge in [-0.25, -0.2) is 4.79 Å². The summed E-state index contributed by atoms with van der Waals surface area (Å²) in [5.74, 6) is 1.11. The van der Waals surface area contributed by atoms with E-state index in [1.807, 2.05) is 24.3 Å². The molecule has 3 rings (SSSR count). The van der Waals surface area contributed by atoms with Crippen molar-refractivity contribution in [3.05, 3.63) is 76.2 Å². The van der Waals surface area contributed by atoms with Crippen LogP contribution in [0.5, 0.6) is 11.5 Å². The normalized spacial score (nSPS) is 14.9. The van der Waals surface area contributed by atoms with Crippen molar-refractivity contribution in [1.29, 1.82) is 0 Å². The molecule has 1 aliphatic rings. The zero-order chi connectivity index (χ0) is 20.6. The molecule has 0 amide bonds. The van der Waals surface area contributed by atoms with Crippen LogP contribution in [0.4, 0.5) is 0 Å². The van der Waals surface area contributed by atoms with Crippen molar-refractivity contribution in [1.82, 2.24) is 0 Å². The van der Waals surface area contributed by atoms with Crippen molar-refractivity contribution >= 4 is 17.7 Å². The van der Waals surface area contributed by atoms with Gasteiger partial charge in [-0.15, -0.1) is 0 Å². The van der Waals surface area contributed by atoms with Gasteiger partial charge in [-0.1, -0.05) is 48.2 Å². The average molecular weight is 411 g/mol. The molecule has 0 atom stereocenters. The molecule has 0 spiro atoms. The van der Waals surface area contributed by atoms with Gasteiger partial charge in [0.2, 0.25) is 0 Å². The maximum Gasteiger partial charge on any atom is 0.334 e. The Labute approximate surface area is 176 Å². The Balaban J connectivity index is 1.83. The number of carbonyl (C=O) groups excluding carboxylic acids is 1. The second-order valence-electron chi connectivity index (χ2n) is 6.67. The van der Waals surface area contributed by atoms with E-state index in [1.54, 1.807) is 26.0 Å². The summed E-state index contributed by atoms with van der Waals surface area (Å²) in [6, 6.07) is 16.2. The number of esters is 1. The molecule has 0 bridgehead atoms. The second-order valence-corrected chi connectivity index (χ2v) is 7.76. The van der Waals surface area contributed by atoms with Crippen LogP contribution in [0.1, 0.15) is 24.8 Å². The SMILES string of the molecule is COC(=O)C1=C(Sc2ccc(OC)c(OC)c2)C(=CCCc2ccccc2)CC1. The summed E-state index contributed by atoms with van der Waals surface area (Å²) in [6.45, 7) is 0. The van der Waals surface area contributed by atoms with Crippen molar-refractivity contribution in [2.45, 2.75) is 30.6 Å². The van der Waals surface area contributed by atoms with Gasteiger partial charge in [0.05, 0.1) is 26.9 Å². The summed E-state index contributed by atoms with van der Waals surface area (Å²) in [5, 5.41) is 0. The van der Waals surface area contributed by atoms with Gasteiger partial charge in [0.1, 0.15) is 0 Å². The first-order valence-electron chi connectivity index (χ1n) is 9.61. The Morgan fingerprint density at radius 1 is 1.00 bits per heavy atom. The van der Waals surface area contributed by atoms with Crippen LogP contribution in [0.3, 0.4) is 0 Å². The number of carbonyl (C=O) groups is 1. The van der Waals surface area contributed by atoms with E-state index in [-0.39, 0.29) is 5.97 Å². The van der Waals surface area contributed by atoms with E-state index in [1.165, 1.54) is 18.2 Å². The summed E-state index contributed by atoms with van der Waals surface area (Å²) >= 11 is 1.58. The lowest BCUT2D eigenvalue weighted by Crippen LogP contribution is -2.03. The predicted octanol–water partition coefficient (Wildman–Crippen LogP) is 5.58. The van der Waals surface area contributed by atoms with Crippen molar-refractivity contribution < 1.29 is 19.0 Å². The van der Waals surface area contributed by atoms with Crippen LogP contribution in [0.25, 0.3) is 0 Å². The molecule has 0 unspecified atom stereocenters. The molecule has 4 nitrogen and oxygen atoms in total. The Bertz CT molecular complexity index is 916. The molecule has 152 valence electrons. The number of aryl methyl sites for hydroxylation is 1. The van der Waals surface area contributed by atoms with Crippen LogP contribution in [0.15, 0.2) is 75.6 Å². The first-order chi connectivity index (χ1) is 14.2. The van der Waals surface area contributed by atoms with Crippen molar-refractivity contribution in [3.63, 3.8) is 0 Å². The third kappa shape index (κ3) is 5.24. The number of benzene rings is 2. The van der Waals surface area contributed by atoms with E-state index in [0.717, 1.165) is 34.6 Å². The number of hydrogen-bond acceptors (Lipinski definition) is 5. The summed E-state index contributed by atoms with van der Waals surface area (Å²) < 4.78 is 15.8. The minimum Gasteiger partial charge on any atom is -0.493 e. The number of ether oxygens (including phenoxy) is 3. The van der Waals surface area contributed by atoms with Gasteiger partial charge in [0, 0.05) is 9.80 Å². The van der Waals surface area contributed by atoms with E-state index in [9.17, 15) is 4.79 Å². The quantitative estimate of drug-likeness (QED) is 0.532. The minimum absolute atomic E-state index is 0.251. The first kappa shape index (κ1) is 21.1. The van der Waals surface area contributed by atoms with Crippen molar-refractivity contribution in [2.24, 2.45) is 0 Å². The van der Waals surface area contributed by atoms with Crippen LogP contribution in [0.2, 0.25) is 0 Å². The highest BCUT2D eigenvalue weighted by atomic mass is 32.2. The first-order valence-corrected chi connectivity index (χ1v) is 10.4. The second kappa shape index (κ2) is 10.2. The van der Waals surface area contributed by atoms with E-state index in [4.69, 9.17) is 14.2 Å². The highest BCUT2D eigenvalue weighted by molar-refractivity contribution is 8.03. The third-order valence-corrected chi connectivity index (χ3v) is 6.09. The van der Waals surface area contributed by atoms with Crippen LogP contribution < -0.4 is 9.47 Å². The lowest BCUT2D eigenvalue weighted by Gasteiger charge is -2.12. The summed E-state index contributed by atoms with van der Waals surface area (Å²) in [4.78, 5) is 14.3. The Morgan fingerprint density at radius 3 is 2.45 bits per heavy atom. The summed E-state index contributed by atoms with van der Waals surface area (Å²) in [5.41, 5.74) is 3.27. The molecule has 0 saturated heterocycles. The Morgan fingerprint density at radius 2 is 1.76 bits per heavy atom. The lowest BCUT2D eigenvalue weighted by molar-refractivity contribution is -0.136. The van der Waals surface area contributed by atoms with Gasteiger partial charge in [-0.05, 0) is 55.0 Å². The largest absolute Gasteiger partial charge is 0.493 e. The van der Waals surface area contributed by atoms with Gasteiger partial charge >= 0.3 is 5.97 Å². The monoisotopic (exact) mass is 410 g/mol. The number of rotatable bonds is 8.